The van der Waals surface area contributed by atoms with Crippen LogP contribution in [0.1, 0.15) is 19.8 Å². The standard InChI is InChI=1S/C14H18FN3O2/c1-2-6-16-14(20)17-11-8-13(19)18(9-11)12-5-3-4-10(15)7-12/h3-5,7,11H,2,6,8-9H2,1H3,(H2,16,17,20)/t11-/m1/s1. The molecule has 1 aliphatic rings. The fourth-order valence-corrected chi connectivity index (χ4v) is 2.17. The number of hydrogen-bond acceptors (Lipinski definition) is 2. The van der Waals surface area contributed by atoms with E-state index < -0.39 is 0 Å². The SMILES string of the molecule is CCCNC(=O)N[C@@H]1CC(=O)N(c2cccc(F)c2)C1. The van der Waals surface area contributed by atoms with Gasteiger partial charge in [-0.3, -0.25) is 4.79 Å². The van der Waals surface area contributed by atoms with Crippen LogP contribution in [0.2, 0.25) is 0 Å². The summed E-state index contributed by atoms with van der Waals surface area (Å²) in [4.78, 5) is 25.0. The maximum atomic E-state index is 13.2. The quantitative estimate of drug-likeness (QED) is 0.880. The monoisotopic (exact) mass is 279 g/mol. The Morgan fingerprint density at radius 3 is 3.00 bits per heavy atom. The number of hydrogen-bond donors (Lipinski definition) is 2. The number of rotatable bonds is 4. The zero-order valence-corrected chi connectivity index (χ0v) is 11.4. The highest BCUT2D eigenvalue weighted by Gasteiger charge is 2.31. The molecule has 0 aromatic heterocycles. The maximum Gasteiger partial charge on any atom is 0.315 e. The molecule has 1 aromatic carbocycles. The molecule has 1 fully saturated rings. The van der Waals surface area contributed by atoms with Crippen LogP contribution >= 0.6 is 0 Å². The fourth-order valence-electron chi connectivity index (χ4n) is 2.17. The Balaban J connectivity index is 1.95. The van der Waals surface area contributed by atoms with Crippen molar-refractivity contribution in [1.29, 1.82) is 0 Å². The van der Waals surface area contributed by atoms with E-state index >= 15 is 0 Å². The van der Waals surface area contributed by atoms with Crippen LogP contribution < -0.4 is 15.5 Å². The fraction of sp³-hybridized carbons (Fsp3) is 0.429. The molecule has 0 bridgehead atoms. The first kappa shape index (κ1) is 14.3. The molecule has 0 radical (unpaired) electrons. The number of nitrogens with zero attached hydrogens (tertiary/aromatic N) is 1. The molecule has 1 heterocycles. The molecule has 6 heteroatoms. The summed E-state index contributed by atoms with van der Waals surface area (Å²) in [5, 5.41) is 5.45. The van der Waals surface area contributed by atoms with Gasteiger partial charge >= 0.3 is 6.03 Å². The van der Waals surface area contributed by atoms with E-state index in [-0.39, 0.29) is 30.2 Å². The lowest BCUT2D eigenvalue weighted by Crippen LogP contribution is -2.43. The number of urea groups is 1. The van der Waals surface area contributed by atoms with Gasteiger partial charge in [0.2, 0.25) is 5.91 Å². The molecule has 1 aliphatic heterocycles. The highest BCUT2D eigenvalue weighted by Crippen LogP contribution is 2.22. The minimum absolute atomic E-state index is 0.114. The number of carbonyl (C=O) groups is 2. The summed E-state index contributed by atoms with van der Waals surface area (Å²) in [5.41, 5.74) is 0.522. The van der Waals surface area contributed by atoms with Crippen molar-refractivity contribution in [2.24, 2.45) is 0 Å². The first-order chi connectivity index (χ1) is 9.60. The highest BCUT2D eigenvalue weighted by molar-refractivity contribution is 5.96. The van der Waals surface area contributed by atoms with Crippen molar-refractivity contribution in [3.05, 3.63) is 30.1 Å². The normalized spacial score (nSPS) is 18.2. The minimum atomic E-state index is -0.382. The van der Waals surface area contributed by atoms with E-state index in [0.717, 1.165) is 6.42 Å². The number of benzene rings is 1. The van der Waals surface area contributed by atoms with Crippen LogP contribution in [0.5, 0.6) is 0 Å². The average Bonchev–Trinajstić information content (AvgIpc) is 2.77. The van der Waals surface area contributed by atoms with Crippen molar-refractivity contribution in [2.75, 3.05) is 18.0 Å². The number of halogens is 1. The van der Waals surface area contributed by atoms with E-state index in [0.29, 0.717) is 18.8 Å². The molecule has 3 amide bonds. The van der Waals surface area contributed by atoms with E-state index in [2.05, 4.69) is 10.6 Å². The summed E-state index contributed by atoms with van der Waals surface area (Å²) in [5.74, 6) is -0.496. The summed E-state index contributed by atoms with van der Waals surface area (Å²) < 4.78 is 13.2. The first-order valence-corrected chi connectivity index (χ1v) is 6.70. The molecular formula is C14H18FN3O2. The molecule has 0 unspecified atom stereocenters. The van der Waals surface area contributed by atoms with Crippen molar-refractivity contribution in [1.82, 2.24) is 10.6 Å². The lowest BCUT2D eigenvalue weighted by atomic mass is 10.2. The largest absolute Gasteiger partial charge is 0.338 e. The summed E-state index contributed by atoms with van der Waals surface area (Å²) >= 11 is 0. The van der Waals surface area contributed by atoms with Gasteiger partial charge in [0.25, 0.3) is 0 Å². The van der Waals surface area contributed by atoms with E-state index in [1.165, 1.54) is 17.0 Å². The molecular weight excluding hydrogens is 261 g/mol. The van der Waals surface area contributed by atoms with Crippen LogP contribution in [0.15, 0.2) is 24.3 Å². The van der Waals surface area contributed by atoms with Crippen LogP contribution in [0.25, 0.3) is 0 Å². The molecule has 2 rings (SSSR count). The van der Waals surface area contributed by atoms with Gasteiger partial charge in [-0.2, -0.15) is 0 Å². The summed E-state index contributed by atoms with van der Waals surface area (Å²) in [6.07, 6.45) is 1.09. The molecule has 5 nitrogen and oxygen atoms in total. The van der Waals surface area contributed by atoms with Crippen LogP contribution in [0.4, 0.5) is 14.9 Å². The van der Waals surface area contributed by atoms with Crippen molar-refractivity contribution in [3.8, 4) is 0 Å². The minimum Gasteiger partial charge on any atom is -0.338 e. The third kappa shape index (κ3) is 3.46. The Morgan fingerprint density at radius 2 is 2.30 bits per heavy atom. The van der Waals surface area contributed by atoms with Gasteiger partial charge in [-0.25, -0.2) is 9.18 Å². The van der Waals surface area contributed by atoms with Crippen LogP contribution in [-0.4, -0.2) is 31.1 Å². The van der Waals surface area contributed by atoms with Crippen LogP contribution in [0, 0.1) is 5.82 Å². The highest BCUT2D eigenvalue weighted by atomic mass is 19.1. The Labute approximate surface area is 117 Å². The predicted molar refractivity (Wildman–Crippen MR) is 74.0 cm³/mol. The molecule has 0 aliphatic carbocycles. The van der Waals surface area contributed by atoms with Gasteiger partial charge < -0.3 is 15.5 Å². The predicted octanol–water partition coefficient (Wildman–Crippen LogP) is 1.64. The van der Waals surface area contributed by atoms with Gasteiger partial charge in [0, 0.05) is 25.2 Å². The second-order valence-electron chi connectivity index (χ2n) is 4.79. The number of nitrogens with one attached hydrogen (secondary N) is 2. The zero-order valence-electron chi connectivity index (χ0n) is 11.4. The van der Waals surface area contributed by atoms with E-state index in [4.69, 9.17) is 0 Å². The van der Waals surface area contributed by atoms with Crippen molar-refractivity contribution < 1.29 is 14.0 Å². The van der Waals surface area contributed by atoms with Crippen molar-refractivity contribution in [2.45, 2.75) is 25.8 Å². The van der Waals surface area contributed by atoms with Crippen molar-refractivity contribution >= 4 is 17.6 Å². The second kappa shape index (κ2) is 6.36. The number of anilines is 1. The summed E-state index contributed by atoms with van der Waals surface area (Å²) in [7, 11) is 0. The van der Waals surface area contributed by atoms with Gasteiger partial charge in [-0.1, -0.05) is 13.0 Å². The Bertz CT molecular complexity index is 507. The number of carbonyl (C=O) groups excluding carboxylic acids is 2. The number of amides is 3. The topological polar surface area (TPSA) is 61.4 Å². The second-order valence-corrected chi connectivity index (χ2v) is 4.79. The van der Waals surface area contributed by atoms with E-state index in [1.54, 1.807) is 12.1 Å². The van der Waals surface area contributed by atoms with Gasteiger partial charge in [0.05, 0.1) is 6.04 Å². The summed E-state index contributed by atoms with van der Waals surface area (Å²) in [6, 6.07) is 5.37. The maximum absolute atomic E-state index is 13.2. The Morgan fingerprint density at radius 1 is 1.50 bits per heavy atom. The molecule has 2 N–H and O–H groups in total. The Kier molecular flexibility index (Phi) is 4.55. The molecule has 108 valence electrons. The average molecular weight is 279 g/mol. The van der Waals surface area contributed by atoms with Gasteiger partial charge in [0.1, 0.15) is 5.82 Å². The lowest BCUT2D eigenvalue weighted by molar-refractivity contribution is -0.117. The molecule has 1 atom stereocenters. The first-order valence-electron chi connectivity index (χ1n) is 6.70. The third-order valence-corrected chi connectivity index (χ3v) is 3.12. The molecule has 0 saturated carbocycles. The molecule has 1 saturated heterocycles. The smallest absolute Gasteiger partial charge is 0.315 e. The van der Waals surface area contributed by atoms with E-state index in [9.17, 15) is 14.0 Å². The molecule has 20 heavy (non-hydrogen) atoms. The van der Waals surface area contributed by atoms with Gasteiger partial charge in [-0.05, 0) is 24.6 Å². The summed E-state index contributed by atoms with van der Waals surface area (Å²) in [6.45, 7) is 2.92. The van der Waals surface area contributed by atoms with E-state index in [1.807, 2.05) is 6.92 Å². The lowest BCUT2D eigenvalue weighted by Gasteiger charge is -2.17. The Hall–Kier alpha value is -2.11. The molecule has 0 spiro atoms. The van der Waals surface area contributed by atoms with Crippen LogP contribution in [-0.2, 0) is 4.79 Å². The molecule has 1 aromatic rings. The zero-order chi connectivity index (χ0) is 14.5. The van der Waals surface area contributed by atoms with Gasteiger partial charge in [-0.15, -0.1) is 0 Å². The van der Waals surface area contributed by atoms with Gasteiger partial charge in [0.15, 0.2) is 0 Å². The third-order valence-electron chi connectivity index (χ3n) is 3.12. The van der Waals surface area contributed by atoms with Crippen LogP contribution in [0.3, 0.4) is 0 Å². The van der Waals surface area contributed by atoms with Crippen molar-refractivity contribution in [3.63, 3.8) is 0 Å².